The minimum Gasteiger partial charge on any atom is -0.343 e. The Morgan fingerprint density at radius 2 is 2.10 bits per heavy atom. The molecule has 102 valence electrons. The number of fused-ring (bicyclic) bond motifs is 2. The number of ketones is 1. The molecule has 0 unspecified atom stereocenters. The molecule has 0 N–H and O–H groups in total. The lowest BCUT2D eigenvalue weighted by atomic mass is 10.0. The van der Waals surface area contributed by atoms with Crippen molar-refractivity contribution in [1.29, 1.82) is 0 Å². The van der Waals surface area contributed by atoms with E-state index >= 15 is 0 Å². The fraction of sp³-hybridized carbons (Fsp3) is 0.357. The molecule has 0 saturated carbocycles. The van der Waals surface area contributed by atoms with Crippen LogP contribution in [0.1, 0.15) is 12.5 Å². The van der Waals surface area contributed by atoms with Crippen LogP contribution in [0.4, 0.5) is 0 Å². The summed E-state index contributed by atoms with van der Waals surface area (Å²) in [6, 6.07) is 9.69. The molecule has 0 aliphatic carbocycles. The molecule has 6 heteroatoms. The maximum absolute atomic E-state index is 11.8. The predicted octanol–water partition coefficient (Wildman–Crippen LogP) is 1.20. The van der Waals surface area contributed by atoms with Crippen molar-refractivity contribution in [3.63, 3.8) is 0 Å². The summed E-state index contributed by atoms with van der Waals surface area (Å²) in [5, 5.41) is 8.32. The van der Waals surface area contributed by atoms with Gasteiger partial charge in [-0.1, -0.05) is 35.5 Å². The number of carbonyl (C=O) groups excluding carboxylic acids is 1. The van der Waals surface area contributed by atoms with Crippen molar-refractivity contribution in [2.45, 2.75) is 24.9 Å². The van der Waals surface area contributed by atoms with E-state index < -0.39 is 6.29 Å². The van der Waals surface area contributed by atoms with Gasteiger partial charge in [-0.15, -0.1) is 5.10 Å². The summed E-state index contributed by atoms with van der Waals surface area (Å²) in [7, 11) is 0. The van der Waals surface area contributed by atoms with Crippen LogP contribution in [0.3, 0.4) is 0 Å². The van der Waals surface area contributed by atoms with Crippen molar-refractivity contribution in [2.75, 3.05) is 6.61 Å². The second-order valence-corrected chi connectivity index (χ2v) is 5.03. The van der Waals surface area contributed by atoms with Crippen LogP contribution < -0.4 is 0 Å². The van der Waals surface area contributed by atoms with Crippen LogP contribution in [-0.4, -0.2) is 39.8 Å². The number of aromatic nitrogens is 3. The standard InChI is InChI=1S/C14H13N3O3/c18-12-6-11(13-8-19-14(12)20-13)17-7-10(15-16-17)9-4-2-1-3-5-9/h1-5,7,11,13-14H,6,8H2/t11-,13+,14+/m0/s1. The molecule has 4 rings (SSSR count). The van der Waals surface area contributed by atoms with Gasteiger partial charge in [0.2, 0.25) is 6.29 Å². The average Bonchev–Trinajstić information content (AvgIpc) is 3.13. The van der Waals surface area contributed by atoms with Gasteiger partial charge in [-0.05, 0) is 0 Å². The van der Waals surface area contributed by atoms with Gasteiger partial charge in [-0.2, -0.15) is 0 Å². The fourth-order valence-corrected chi connectivity index (χ4v) is 2.67. The smallest absolute Gasteiger partial charge is 0.218 e. The SMILES string of the molecule is O=C1C[C@H](n2cc(-c3ccccc3)nn2)[C@H]2CO[C@@H]1O2. The first-order chi connectivity index (χ1) is 9.81. The molecule has 0 spiro atoms. The third-order valence-corrected chi connectivity index (χ3v) is 3.73. The Bertz CT molecular complexity index is 640. The van der Waals surface area contributed by atoms with Crippen molar-refractivity contribution in [3.8, 4) is 11.3 Å². The molecule has 6 nitrogen and oxygen atoms in total. The molecule has 0 radical (unpaired) electrons. The summed E-state index contributed by atoms with van der Waals surface area (Å²) < 4.78 is 12.5. The lowest BCUT2D eigenvalue weighted by Gasteiger charge is -2.25. The number of ether oxygens (including phenoxy) is 2. The summed E-state index contributed by atoms with van der Waals surface area (Å²) in [6.45, 7) is 0.432. The van der Waals surface area contributed by atoms with Gasteiger partial charge in [-0.25, -0.2) is 4.68 Å². The molecule has 1 aromatic carbocycles. The number of hydrogen-bond donors (Lipinski definition) is 0. The average molecular weight is 271 g/mol. The van der Waals surface area contributed by atoms with Crippen LogP contribution in [0.15, 0.2) is 36.5 Å². The molecule has 2 saturated heterocycles. The zero-order chi connectivity index (χ0) is 13.5. The predicted molar refractivity (Wildman–Crippen MR) is 68.7 cm³/mol. The van der Waals surface area contributed by atoms with E-state index in [1.807, 2.05) is 36.5 Å². The van der Waals surface area contributed by atoms with E-state index in [1.165, 1.54) is 0 Å². The van der Waals surface area contributed by atoms with E-state index in [0.717, 1.165) is 11.3 Å². The molecule has 1 aromatic heterocycles. The maximum atomic E-state index is 11.8. The third kappa shape index (κ3) is 1.85. The third-order valence-electron chi connectivity index (χ3n) is 3.73. The van der Waals surface area contributed by atoms with Gasteiger partial charge < -0.3 is 9.47 Å². The highest BCUT2D eigenvalue weighted by atomic mass is 16.7. The Morgan fingerprint density at radius 3 is 2.95 bits per heavy atom. The van der Waals surface area contributed by atoms with Crippen LogP contribution in [0.5, 0.6) is 0 Å². The molecule has 3 atom stereocenters. The first kappa shape index (κ1) is 11.7. The van der Waals surface area contributed by atoms with E-state index in [9.17, 15) is 4.79 Å². The van der Waals surface area contributed by atoms with Crippen molar-refractivity contribution in [3.05, 3.63) is 36.5 Å². The quantitative estimate of drug-likeness (QED) is 0.821. The van der Waals surface area contributed by atoms with Crippen LogP contribution in [0.2, 0.25) is 0 Å². The molecule has 2 bridgehead atoms. The highest BCUT2D eigenvalue weighted by Crippen LogP contribution is 2.32. The Balaban J connectivity index is 1.63. The monoisotopic (exact) mass is 271 g/mol. The highest BCUT2D eigenvalue weighted by molar-refractivity contribution is 5.83. The number of hydrogen-bond acceptors (Lipinski definition) is 5. The highest BCUT2D eigenvalue weighted by Gasteiger charge is 2.44. The van der Waals surface area contributed by atoms with Gasteiger partial charge in [0.15, 0.2) is 5.78 Å². The molecule has 2 aliphatic rings. The summed E-state index contributed by atoms with van der Waals surface area (Å²) in [5.41, 5.74) is 1.79. The van der Waals surface area contributed by atoms with Gasteiger partial charge in [-0.3, -0.25) is 4.79 Å². The molecule has 2 fully saturated rings. The second kappa shape index (κ2) is 4.50. The first-order valence-electron chi connectivity index (χ1n) is 6.58. The van der Waals surface area contributed by atoms with E-state index in [2.05, 4.69) is 10.3 Å². The molecule has 2 aromatic rings. The Hall–Kier alpha value is -2.05. The molecule has 20 heavy (non-hydrogen) atoms. The van der Waals surface area contributed by atoms with Crippen LogP contribution >= 0.6 is 0 Å². The van der Waals surface area contributed by atoms with Gasteiger partial charge in [0.05, 0.1) is 18.8 Å². The van der Waals surface area contributed by atoms with E-state index in [0.29, 0.717) is 13.0 Å². The van der Waals surface area contributed by atoms with Crippen LogP contribution in [-0.2, 0) is 14.3 Å². The van der Waals surface area contributed by atoms with E-state index in [1.54, 1.807) is 4.68 Å². The minimum atomic E-state index is -0.673. The van der Waals surface area contributed by atoms with Crippen molar-refractivity contribution in [2.24, 2.45) is 0 Å². The number of carbonyl (C=O) groups is 1. The molecular formula is C14H13N3O3. The number of Topliss-reactive ketones (excluding diaryl/α,β-unsaturated/α-hetero) is 1. The zero-order valence-corrected chi connectivity index (χ0v) is 10.7. The van der Waals surface area contributed by atoms with Crippen molar-refractivity contribution in [1.82, 2.24) is 15.0 Å². The van der Waals surface area contributed by atoms with E-state index in [4.69, 9.17) is 9.47 Å². The molecular weight excluding hydrogens is 258 g/mol. The second-order valence-electron chi connectivity index (χ2n) is 5.03. The van der Waals surface area contributed by atoms with Crippen LogP contribution in [0, 0.1) is 0 Å². The van der Waals surface area contributed by atoms with Gasteiger partial charge >= 0.3 is 0 Å². The van der Waals surface area contributed by atoms with Crippen molar-refractivity contribution >= 4 is 5.78 Å². The molecule has 2 aliphatic heterocycles. The lowest BCUT2D eigenvalue weighted by molar-refractivity contribution is -0.156. The van der Waals surface area contributed by atoms with Gasteiger partial charge in [0, 0.05) is 12.0 Å². The fourth-order valence-electron chi connectivity index (χ4n) is 2.67. The van der Waals surface area contributed by atoms with Gasteiger partial charge in [0.25, 0.3) is 0 Å². The Kier molecular flexibility index (Phi) is 2.64. The van der Waals surface area contributed by atoms with Gasteiger partial charge in [0.1, 0.15) is 11.8 Å². The number of rotatable bonds is 2. The summed E-state index contributed by atoms with van der Waals surface area (Å²) >= 11 is 0. The maximum Gasteiger partial charge on any atom is 0.218 e. The van der Waals surface area contributed by atoms with Crippen LogP contribution in [0.25, 0.3) is 11.3 Å². The summed E-state index contributed by atoms with van der Waals surface area (Å²) in [4.78, 5) is 11.8. The molecule has 3 heterocycles. The summed E-state index contributed by atoms with van der Waals surface area (Å²) in [5.74, 6) is -0.0273. The molecule has 0 amide bonds. The van der Waals surface area contributed by atoms with E-state index in [-0.39, 0.29) is 17.9 Å². The largest absolute Gasteiger partial charge is 0.343 e. The summed E-state index contributed by atoms with van der Waals surface area (Å²) in [6.07, 6.45) is 1.44. The zero-order valence-electron chi connectivity index (χ0n) is 10.7. The normalized spacial score (nSPS) is 28.8. The first-order valence-corrected chi connectivity index (χ1v) is 6.58. The Morgan fingerprint density at radius 1 is 1.25 bits per heavy atom. The number of nitrogens with zero attached hydrogens (tertiary/aromatic N) is 3. The Labute approximate surface area is 115 Å². The lowest BCUT2D eigenvalue weighted by Crippen LogP contribution is -2.37. The minimum absolute atomic E-state index is 0.0273. The number of benzene rings is 1. The topological polar surface area (TPSA) is 66.2 Å². The van der Waals surface area contributed by atoms with Crippen molar-refractivity contribution < 1.29 is 14.3 Å².